The number of nitrogens with zero attached hydrogens (tertiary/aromatic N) is 3. The lowest BCUT2D eigenvalue weighted by atomic mass is 9.78. The number of rotatable bonds is 2. The topological polar surface area (TPSA) is 59.3 Å². The van der Waals surface area contributed by atoms with Gasteiger partial charge in [0.25, 0.3) is 5.91 Å². The zero-order chi connectivity index (χ0) is 15.9. The maximum atomic E-state index is 12.7. The highest BCUT2D eigenvalue weighted by Gasteiger charge is 2.31. The molecular formula is C17H24N4O. The second-order valence-electron chi connectivity index (χ2n) is 7.01. The molecule has 1 aliphatic carbocycles. The third kappa shape index (κ3) is 2.72. The molecule has 0 saturated heterocycles. The van der Waals surface area contributed by atoms with Gasteiger partial charge in [-0.3, -0.25) is 4.79 Å². The zero-order valence-corrected chi connectivity index (χ0v) is 13.8. The molecule has 5 heteroatoms. The van der Waals surface area contributed by atoms with Crippen molar-refractivity contribution in [1.82, 2.24) is 19.9 Å². The summed E-state index contributed by atoms with van der Waals surface area (Å²) in [5.41, 5.74) is 3.02. The van der Waals surface area contributed by atoms with Crippen LogP contribution in [-0.2, 0) is 0 Å². The van der Waals surface area contributed by atoms with Crippen molar-refractivity contribution in [3.8, 4) is 0 Å². The number of carbonyl (C=O) groups is 1. The van der Waals surface area contributed by atoms with E-state index in [1.807, 2.05) is 19.9 Å². The van der Waals surface area contributed by atoms with Gasteiger partial charge >= 0.3 is 0 Å². The van der Waals surface area contributed by atoms with Gasteiger partial charge in [0, 0.05) is 17.8 Å². The Morgan fingerprint density at radius 1 is 1.36 bits per heavy atom. The maximum Gasteiger partial charge on any atom is 0.255 e. The van der Waals surface area contributed by atoms with E-state index in [4.69, 9.17) is 0 Å². The Balaban J connectivity index is 1.84. The van der Waals surface area contributed by atoms with Crippen LogP contribution in [0.15, 0.2) is 12.3 Å². The average Bonchev–Trinajstić information content (AvgIpc) is 2.84. The largest absolute Gasteiger partial charge is 0.347 e. The number of carbonyl (C=O) groups excluding carboxylic acids is 1. The number of aryl methyl sites for hydroxylation is 2. The van der Waals surface area contributed by atoms with Gasteiger partial charge in [-0.05, 0) is 52.4 Å². The van der Waals surface area contributed by atoms with Crippen LogP contribution in [0.2, 0.25) is 0 Å². The van der Waals surface area contributed by atoms with Crippen LogP contribution in [0.1, 0.15) is 61.3 Å². The van der Waals surface area contributed by atoms with Crippen molar-refractivity contribution < 1.29 is 4.79 Å². The number of nitrogens with one attached hydrogen (secondary N) is 1. The summed E-state index contributed by atoms with van der Waals surface area (Å²) in [5.74, 6) is 0.717. The molecule has 0 aliphatic heterocycles. The Hall–Kier alpha value is -1.91. The molecule has 1 fully saturated rings. The molecule has 3 rings (SSSR count). The number of hydrogen-bond acceptors (Lipinski definition) is 3. The van der Waals surface area contributed by atoms with E-state index in [-0.39, 0.29) is 11.4 Å². The molecule has 118 valence electrons. The third-order valence-corrected chi connectivity index (χ3v) is 4.88. The van der Waals surface area contributed by atoms with Crippen LogP contribution < -0.4 is 5.32 Å². The molecule has 0 aromatic carbocycles. The predicted molar refractivity (Wildman–Crippen MR) is 86.0 cm³/mol. The summed E-state index contributed by atoms with van der Waals surface area (Å²) in [5, 5.41) is 7.63. The number of hydrogen-bond donors (Lipinski definition) is 1. The lowest BCUT2D eigenvalue weighted by Gasteiger charge is -2.37. The quantitative estimate of drug-likeness (QED) is 0.927. The molecule has 0 spiro atoms. The monoisotopic (exact) mass is 300 g/mol. The molecule has 0 unspecified atom stereocenters. The minimum Gasteiger partial charge on any atom is -0.347 e. The van der Waals surface area contributed by atoms with Gasteiger partial charge in [-0.1, -0.05) is 6.92 Å². The van der Waals surface area contributed by atoms with Crippen molar-refractivity contribution in [3.05, 3.63) is 29.2 Å². The minimum absolute atomic E-state index is 0.0443. The van der Waals surface area contributed by atoms with Gasteiger partial charge in [-0.15, -0.1) is 0 Å². The Kier molecular flexibility index (Phi) is 3.67. The van der Waals surface area contributed by atoms with Gasteiger partial charge in [-0.2, -0.15) is 5.10 Å². The summed E-state index contributed by atoms with van der Waals surface area (Å²) in [7, 11) is 0. The van der Waals surface area contributed by atoms with E-state index in [1.54, 1.807) is 10.7 Å². The van der Waals surface area contributed by atoms with E-state index in [0.29, 0.717) is 5.56 Å². The van der Waals surface area contributed by atoms with Crippen LogP contribution in [0.4, 0.5) is 0 Å². The SMILES string of the molecule is Cc1cc2ncc(C(=O)NC3(C)CCC(C)CC3)c(C)n2n1. The van der Waals surface area contributed by atoms with E-state index >= 15 is 0 Å². The summed E-state index contributed by atoms with van der Waals surface area (Å²) in [6.07, 6.45) is 6.08. The van der Waals surface area contributed by atoms with E-state index in [2.05, 4.69) is 29.2 Å². The van der Waals surface area contributed by atoms with Crippen molar-refractivity contribution in [2.75, 3.05) is 0 Å². The standard InChI is InChI=1S/C17H24N4O/c1-11-5-7-17(4,8-6-11)19-16(22)14-10-18-15-9-12(2)20-21(15)13(14)3/h9-11H,5-8H2,1-4H3,(H,19,22). The van der Waals surface area contributed by atoms with Gasteiger partial charge in [0.2, 0.25) is 0 Å². The van der Waals surface area contributed by atoms with E-state index in [0.717, 1.165) is 35.8 Å². The van der Waals surface area contributed by atoms with Crippen LogP contribution in [0.25, 0.3) is 5.65 Å². The summed E-state index contributed by atoms with van der Waals surface area (Å²) >= 11 is 0. The Morgan fingerprint density at radius 3 is 2.73 bits per heavy atom. The fourth-order valence-electron chi connectivity index (χ4n) is 3.25. The van der Waals surface area contributed by atoms with Gasteiger partial charge in [0.05, 0.1) is 17.0 Å². The molecule has 0 bridgehead atoms. The smallest absolute Gasteiger partial charge is 0.255 e. The highest BCUT2D eigenvalue weighted by molar-refractivity contribution is 5.95. The minimum atomic E-state index is -0.106. The molecule has 2 aromatic rings. The van der Waals surface area contributed by atoms with Crippen LogP contribution in [0, 0.1) is 19.8 Å². The van der Waals surface area contributed by atoms with Gasteiger partial charge in [0.1, 0.15) is 0 Å². The molecule has 1 amide bonds. The number of aromatic nitrogens is 3. The zero-order valence-electron chi connectivity index (χ0n) is 13.8. The van der Waals surface area contributed by atoms with Crippen molar-refractivity contribution in [3.63, 3.8) is 0 Å². The molecule has 0 radical (unpaired) electrons. The molecule has 0 atom stereocenters. The van der Waals surface area contributed by atoms with Crippen LogP contribution >= 0.6 is 0 Å². The maximum absolute atomic E-state index is 12.7. The first-order chi connectivity index (χ1) is 10.4. The first kappa shape index (κ1) is 15.0. The summed E-state index contributed by atoms with van der Waals surface area (Å²) in [6.45, 7) is 8.28. The normalized spacial score (nSPS) is 25.4. The van der Waals surface area contributed by atoms with Crippen LogP contribution in [-0.4, -0.2) is 26.0 Å². The second kappa shape index (κ2) is 5.38. The van der Waals surface area contributed by atoms with E-state index < -0.39 is 0 Å². The van der Waals surface area contributed by atoms with Crippen LogP contribution in [0.3, 0.4) is 0 Å². The van der Waals surface area contributed by atoms with E-state index in [9.17, 15) is 4.79 Å². The van der Waals surface area contributed by atoms with Crippen molar-refractivity contribution >= 4 is 11.6 Å². The molecular weight excluding hydrogens is 276 g/mol. The molecule has 1 aliphatic rings. The third-order valence-electron chi connectivity index (χ3n) is 4.88. The van der Waals surface area contributed by atoms with Crippen LogP contribution in [0.5, 0.6) is 0 Å². The second-order valence-corrected chi connectivity index (χ2v) is 7.01. The lowest BCUT2D eigenvalue weighted by Crippen LogP contribution is -2.48. The Morgan fingerprint density at radius 2 is 2.05 bits per heavy atom. The van der Waals surface area contributed by atoms with E-state index in [1.165, 1.54) is 12.8 Å². The molecule has 5 nitrogen and oxygen atoms in total. The average molecular weight is 300 g/mol. The van der Waals surface area contributed by atoms with Crippen molar-refractivity contribution in [2.45, 2.75) is 58.9 Å². The first-order valence-corrected chi connectivity index (χ1v) is 8.02. The fourth-order valence-corrected chi connectivity index (χ4v) is 3.25. The fraction of sp³-hybridized carbons (Fsp3) is 0.588. The molecule has 1 N–H and O–H groups in total. The Bertz CT molecular complexity index is 711. The number of fused-ring (bicyclic) bond motifs is 1. The summed E-state index contributed by atoms with van der Waals surface area (Å²) in [6, 6.07) is 1.92. The molecule has 2 aromatic heterocycles. The highest BCUT2D eigenvalue weighted by atomic mass is 16.1. The summed E-state index contributed by atoms with van der Waals surface area (Å²) < 4.78 is 1.75. The first-order valence-electron chi connectivity index (χ1n) is 8.02. The summed E-state index contributed by atoms with van der Waals surface area (Å²) in [4.78, 5) is 17.0. The highest BCUT2D eigenvalue weighted by Crippen LogP contribution is 2.31. The van der Waals surface area contributed by atoms with Gasteiger partial charge < -0.3 is 5.32 Å². The van der Waals surface area contributed by atoms with Gasteiger partial charge in [-0.25, -0.2) is 9.50 Å². The van der Waals surface area contributed by atoms with Gasteiger partial charge in [0.15, 0.2) is 5.65 Å². The Labute approximate surface area is 131 Å². The molecule has 1 saturated carbocycles. The van der Waals surface area contributed by atoms with Crippen molar-refractivity contribution in [1.29, 1.82) is 0 Å². The molecule has 22 heavy (non-hydrogen) atoms. The predicted octanol–water partition coefficient (Wildman–Crippen LogP) is 3.04. The number of amides is 1. The lowest BCUT2D eigenvalue weighted by molar-refractivity contribution is 0.0868. The molecule has 2 heterocycles. The van der Waals surface area contributed by atoms with Crippen molar-refractivity contribution in [2.24, 2.45) is 5.92 Å².